The Balaban J connectivity index is 2.20. The molecule has 0 bridgehead atoms. The van der Waals surface area contributed by atoms with Crippen LogP contribution in [0.3, 0.4) is 0 Å². The van der Waals surface area contributed by atoms with Crippen molar-refractivity contribution in [2.24, 2.45) is 0 Å². The number of amides is 2. The lowest BCUT2D eigenvalue weighted by Gasteiger charge is -2.19. The van der Waals surface area contributed by atoms with Crippen molar-refractivity contribution >= 4 is 23.2 Å². The van der Waals surface area contributed by atoms with Crippen molar-refractivity contribution in [1.82, 2.24) is 5.32 Å². The van der Waals surface area contributed by atoms with Gasteiger partial charge in [-0.15, -0.1) is 0 Å². The maximum Gasteiger partial charge on any atom is 0.271 e. The molecule has 2 rings (SSSR count). The topological polar surface area (TPSA) is 111 Å². The lowest BCUT2D eigenvalue weighted by Crippen LogP contribution is -2.29. The smallest absolute Gasteiger partial charge is 0.271 e. The monoisotopic (exact) mass is 371 g/mol. The molecule has 0 aromatic heterocycles. The molecule has 1 atom stereocenters. The van der Waals surface area contributed by atoms with Gasteiger partial charge in [0.1, 0.15) is 5.75 Å². The van der Waals surface area contributed by atoms with Crippen LogP contribution in [0.2, 0.25) is 0 Å². The lowest BCUT2D eigenvalue weighted by molar-refractivity contribution is -0.384. The summed E-state index contributed by atoms with van der Waals surface area (Å²) in [5, 5.41) is 16.3. The number of nitrogens with one attached hydrogen (secondary N) is 2. The van der Waals surface area contributed by atoms with Gasteiger partial charge < -0.3 is 15.4 Å². The minimum Gasteiger partial charge on any atom is -0.495 e. The minimum atomic E-state index is -0.554. The molecule has 2 aromatic carbocycles. The van der Waals surface area contributed by atoms with Gasteiger partial charge in [0.25, 0.3) is 5.69 Å². The van der Waals surface area contributed by atoms with Crippen LogP contribution in [0.1, 0.15) is 30.5 Å². The number of carbonyl (C=O) groups is 2. The highest BCUT2D eigenvalue weighted by Gasteiger charge is 2.19. The van der Waals surface area contributed by atoms with Gasteiger partial charge in [0.05, 0.1) is 30.2 Å². The predicted molar refractivity (Wildman–Crippen MR) is 101 cm³/mol. The van der Waals surface area contributed by atoms with Crippen LogP contribution in [-0.4, -0.2) is 23.8 Å². The Labute approximate surface area is 156 Å². The van der Waals surface area contributed by atoms with Crippen LogP contribution in [-0.2, 0) is 9.59 Å². The number of non-ortho nitro benzene ring substituents is 1. The molecular formula is C19H21N3O5. The fourth-order valence-electron chi connectivity index (χ4n) is 2.59. The SMILES string of the molecule is COc1ccc([N+](=O)[O-])cc1NC(=O)CC(NC(C)=O)c1ccc(C)cc1. The molecule has 0 aliphatic rings. The first-order valence-corrected chi connectivity index (χ1v) is 8.26. The molecule has 0 aliphatic heterocycles. The summed E-state index contributed by atoms with van der Waals surface area (Å²) >= 11 is 0. The third kappa shape index (κ3) is 5.53. The zero-order chi connectivity index (χ0) is 20.0. The van der Waals surface area contributed by atoms with E-state index in [0.29, 0.717) is 5.75 Å². The van der Waals surface area contributed by atoms with Crippen molar-refractivity contribution in [1.29, 1.82) is 0 Å². The van der Waals surface area contributed by atoms with E-state index in [9.17, 15) is 19.7 Å². The molecule has 0 radical (unpaired) electrons. The number of carbonyl (C=O) groups excluding carboxylic acids is 2. The van der Waals surface area contributed by atoms with E-state index in [0.717, 1.165) is 11.1 Å². The van der Waals surface area contributed by atoms with Crippen LogP contribution < -0.4 is 15.4 Å². The van der Waals surface area contributed by atoms with Crippen molar-refractivity contribution in [2.75, 3.05) is 12.4 Å². The maximum absolute atomic E-state index is 12.5. The summed E-state index contributed by atoms with van der Waals surface area (Å²) in [7, 11) is 1.41. The number of aryl methyl sites for hydroxylation is 1. The molecule has 142 valence electrons. The predicted octanol–water partition coefficient (Wildman–Crippen LogP) is 3.12. The second-order valence-electron chi connectivity index (χ2n) is 6.06. The Morgan fingerprint density at radius 3 is 2.41 bits per heavy atom. The standard InChI is InChI=1S/C19H21N3O5/c1-12-4-6-14(7-5-12)16(20-13(2)23)11-19(24)21-17-10-15(22(25)26)8-9-18(17)27-3/h4-10,16H,11H2,1-3H3,(H,20,23)(H,21,24). The third-order valence-corrected chi connectivity index (χ3v) is 3.91. The van der Waals surface area contributed by atoms with E-state index < -0.39 is 16.9 Å². The summed E-state index contributed by atoms with van der Waals surface area (Å²) in [6.45, 7) is 3.32. The fourth-order valence-corrected chi connectivity index (χ4v) is 2.59. The van der Waals surface area contributed by atoms with Crippen LogP contribution in [0.15, 0.2) is 42.5 Å². The summed E-state index contributed by atoms with van der Waals surface area (Å²) in [4.78, 5) is 34.4. The Kier molecular flexibility index (Phi) is 6.48. The molecule has 0 spiro atoms. The Morgan fingerprint density at radius 2 is 1.85 bits per heavy atom. The molecule has 0 heterocycles. The van der Waals surface area contributed by atoms with Crippen molar-refractivity contribution < 1.29 is 19.2 Å². The van der Waals surface area contributed by atoms with E-state index in [-0.39, 0.29) is 23.7 Å². The molecule has 2 amide bonds. The van der Waals surface area contributed by atoms with Crippen molar-refractivity contribution in [2.45, 2.75) is 26.3 Å². The van der Waals surface area contributed by atoms with Gasteiger partial charge >= 0.3 is 0 Å². The number of nitro groups is 1. The molecule has 8 heteroatoms. The molecule has 2 aromatic rings. The largest absolute Gasteiger partial charge is 0.495 e. The molecule has 2 N–H and O–H groups in total. The normalized spacial score (nSPS) is 11.4. The highest BCUT2D eigenvalue weighted by molar-refractivity contribution is 5.93. The second-order valence-corrected chi connectivity index (χ2v) is 6.06. The van der Waals surface area contributed by atoms with E-state index in [1.807, 2.05) is 31.2 Å². The summed E-state index contributed by atoms with van der Waals surface area (Å²) in [5.74, 6) is -0.366. The van der Waals surface area contributed by atoms with Gasteiger partial charge in [-0.25, -0.2) is 0 Å². The zero-order valence-corrected chi connectivity index (χ0v) is 15.3. The summed E-state index contributed by atoms with van der Waals surface area (Å²) < 4.78 is 5.14. The van der Waals surface area contributed by atoms with E-state index in [1.165, 1.54) is 32.2 Å². The van der Waals surface area contributed by atoms with E-state index in [2.05, 4.69) is 10.6 Å². The molecule has 0 aliphatic carbocycles. The molecule has 27 heavy (non-hydrogen) atoms. The van der Waals surface area contributed by atoms with Gasteiger partial charge in [-0.05, 0) is 18.6 Å². The highest BCUT2D eigenvalue weighted by Crippen LogP contribution is 2.29. The van der Waals surface area contributed by atoms with E-state index >= 15 is 0 Å². The van der Waals surface area contributed by atoms with Crippen molar-refractivity contribution in [3.05, 3.63) is 63.7 Å². The Bertz CT molecular complexity index is 849. The number of rotatable bonds is 7. The molecule has 0 saturated heterocycles. The molecule has 1 unspecified atom stereocenters. The van der Waals surface area contributed by atoms with Gasteiger partial charge in [0.2, 0.25) is 11.8 Å². The van der Waals surface area contributed by atoms with E-state index in [1.54, 1.807) is 0 Å². The van der Waals surface area contributed by atoms with Crippen LogP contribution in [0.25, 0.3) is 0 Å². The highest BCUT2D eigenvalue weighted by atomic mass is 16.6. The maximum atomic E-state index is 12.5. The van der Waals surface area contributed by atoms with Gasteiger partial charge in [0.15, 0.2) is 0 Å². The number of hydrogen-bond donors (Lipinski definition) is 2. The number of nitro benzene ring substituents is 1. The van der Waals surface area contributed by atoms with Crippen molar-refractivity contribution in [3.8, 4) is 5.75 Å². The number of anilines is 1. The van der Waals surface area contributed by atoms with Crippen molar-refractivity contribution in [3.63, 3.8) is 0 Å². The van der Waals surface area contributed by atoms with E-state index in [4.69, 9.17) is 4.74 Å². The van der Waals surface area contributed by atoms with Gasteiger partial charge in [-0.1, -0.05) is 29.8 Å². The number of methoxy groups -OCH3 is 1. The average Bonchev–Trinajstić information content (AvgIpc) is 2.61. The fraction of sp³-hybridized carbons (Fsp3) is 0.263. The van der Waals surface area contributed by atoms with Gasteiger partial charge in [0, 0.05) is 19.1 Å². The minimum absolute atomic E-state index is 0.0332. The Hall–Kier alpha value is -3.42. The Morgan fingerprint density at radius 1 is 1.19 bits per heavy atom. The first kappa shape index (κ1) is 19.9. The number of hydrogen-bond acceptors (Lipinski definition) is 5. The lowest BCUT2D eigenvalue weighted by atomic mass is 10.0. The number of nitrogens with zero attached hydrogens (tertiary/aromatic N) is 1. The average molecular weight is 371 g/mol. The van der Waals surface area contributed by atoms with Crippen LogP contribution in [0, 0.1) is 17.0 Å². The zero-order valence-electron chi connectivity index (χ0n) is 15.3. The van der Waals surface area contributed by atoms with Crippen LogP contribution in [0.5, 0.6) is 5.75 Å². The number of ether oxygens (including phenoxy) is 1. The van der Waals surface area contributed by atoms with Crippen LogP contribution >= 0.6 is 0 Å². The van der Waals surface area contributed by atoms with Gasteiger partial charge in [-0.2, -0.15) is 0 Å². The second kappa shape index (κ2) is 8.79. The third-order valence-electron chi connectivity index (χ3n) is 3.91. The first-order valence-electron chi connectivity index (χ1n) is 8.26. The first-order chi connectivity index (χ1) is 12.8. The molecule has 8 nitrogen and oxygen atoms in total. The summed E-state index contributed by atoms with van der Waals surface area (Å²) in [6.07, 6.45) is -0.0332. The summed E-state index contributed by atoms with van der Waals surface area (Å²) in [6, 6.07) is 10.9. The number of benzene rings is 2. The van der Waals surface area contributed by atoms with Gasteiger partial charge in [-0.3, -0.25) is 19.7 Å². The molecule has 0 fully saturated rings. The molecular weight excluding hydrogens is 350 g/mol. The quantitative estimate of drug-likeness (QED) is 0.574. The summed E-state index contributed by atoms with van der Waals surface area (Å²) in [5.41, 5.74) is 1.88. The molecule has 0 saturated carbocycles. The van der Waals surface area contributed by atoms with Crippen LogP contribution in [0.4, 0.5) is 11.4 Å².